The van der Waals surface area contributed by atoms with Gasteiger partial charge in [0.2, 0.25) is 10.0 Å². The summed E-state index contributed by atoms with van der Waals surface area (Å²) in [5, 5.41) is 0. The molecule has 0 unspecified atom stereocenters. The Labute approximate surface area is 126 Å². The summed E-state index contributed by atoms with van der Waals surface area (Å²) in [6.07, 6.45) is 0.990. The van der Waals surface area contributed by atoms with E-state index in [1.165, 1.54) is 0 Å². The van der Waals surface area contributed by atoms with E-state index in [-0.39, 0.29) is 5.41 Å². The van der Waals surface area contributed by atoms with Crippen molar-refractivity contribution in [2.45, 2.75) is 11.3 Å². The first-order valence-electron chi connectivity index (χ1n) is 7.33. The van der Waals surface area contributed by atoms with Gasteiger partial charge in [-0.3, -0.25) is 0 Å². The van der Waals surface area contributed by atoms with Crippen LogP contribution in [0, 0.1) is 5.41 Å². The van der Waals surface area contributed by atoms with Gasteiger partial charge in [-0.1, -0.05) is 18.2 Å². The maximum absolute atomic E-state index is 12.8. The second-order valence-electron chi connectivity index (χ2n) is 6.19. The Morgan fingerprint density at radius 2 is 1.90 bits per heavy atom. The molecule has 0 radical (unpaired) electrons. The minimum Gasteiger partial charge on any atom is -0.379 e. The number of rotatable bonds is 2. The highest BCUT2D eigenvalue weighted by atomic mass is 32.2. The maximum atomic E-state index is 12.8. The molecule has 21 heavy (non-hydrogen) atoms. The first-order valence-corrected chi connectivity index (χ1v) is 8.77. The third-order valence-corrected chi connectivity index (χ3v) is 6.27. The molecule has 0 saturated carbocycles. The molecule has 6 heteroatoms. The summed E-state index contributed by atoms with van der Waals surface area (Å²) in [5.41, 5.74) is -0.0624. The molecule has 116 valence electrons. The molecule has 1 aromatic carbocycles. The van der Waals surface area contributed by atoms with E-state index in [2.05, 4.69) is 11.9 Å². The van der Waals surface area contributed by atoms with Gasteiger partial charge in [0, 0.05) is 25.0 Å². The Bertz CT molecular complexity index is 590. The van der Waals surface area contributed by atoms with Gasteiger partial charge in [0.25, 0.3) is 0 Å². The average molecular weight is 310 g/mol. The van der Waals surface area contributed by atoms with Crippen molar-refractivity contribution in [3.63, 3.8) is 0 Å². The molecule has 1 spiro atoms. The normalized spacial score (nSPS) is 28.8. The van der Waals surface area contributed by atoms with Gasteiger partial charge in [-0.25, -0.2) is 8.42 Å². The lowest BCUT2D eigenvalue weighted by atomic mass is 9.88. The van der Waals surface area contributed by atoms with Gasteiger partial charge >= 0.3 is 0 Å². The first kappa shape index (κ1) is 15.0. The number of benzene rings is 1. The standard InChI is InChI=1S/C15H22N2O3S/c1-16-8-7-15(11-16)12-17(9-10-20-13-15)21(18,19)14-5-3-2-4-6-14/h2-6H,7-13H2,1H3/t15-/m1/s1. The summed E-state index contributed by atoms with van der Waals surface area (Å²) < 4.78 is 33.0. The van der Waals surface area contributed by atoms with Gasteiger partial charge in [0.1, 0.15) is 0 Å². The van der Waals surface area contributed by atoms with Gasteiger partial charge < -0.3 is 9.64 Å². The van der Waals surface area contributed by atoms with E-state index < -0.39 is 10.0 Å². The van der Waals surface area contributed by atoms with Crippen molar-refractivity contribution < 1.29 is 13.2 Å². The number of hydrogen-bond acceptors (Lipinski definition) is 4. The van der Waals surface area contributed by atoms with Crippen LogP contribution >= 0.6 is 0 Å². The number of likely N-dealkylation sites (tertiary alicyclic amines) is 1. The highest BCUT2D eigenvalue weighted by molar-refractivity contribution is 7.89. The molecule has 3 rings (SSSR count). The Balaban J connectivity index is 1.87. The number of ether oxygens (including phenoxy) is 1. The topological polar surface area (TPSA) is 49.9 Å². The van der Waals surface area contributed by atoms with Crippen LogP contribution < -0.4 is 0 Å². The lowest BCUT2D eigenvalue weighted by Crippen LogP contribution is -2.43. The Hall–Kier alpha value is -0.950. The van der Waals surface area contributed by atoms with E-state index in [1.54, 1.807) is 28.6 Å². The van der Waals surface area contributed by atoms with Gasteiger partial charge in [0.05, 0.1) is 18.1 Å². The van der Waals surface area contributed by atoms with E-state index in [9.17, 15) is 8.42 Å². The highest BCUT2D eigenvalue weighted by Crippen LogP contribution is 2.34. The van der Waals surface area contributed by atoms with E-state index in [4.69, 9.17) is 4.74 Å². The van der Waals surface area contributed by atoms with Gasteiger partial charge in [-0.2, -0.15) is 4.31 Å². The molecule has 0 bridgehead atoms. The van der Waals surface area contributed by atoms with Crippen LogP contribution in [0.2, 0.25) is 0 Å². The van der Waals surface area contributed by atoms with Crippen LogP contribution in [0.5, 0.6) is 0 Å². The monoisotopic (exact) mass is 310 g/mol. The summed E-state index contributed by atoms with van der Waals surface area (Å²) >= 11 is 0. The maximum Gasteiger partial charge on any atom is 0.243 e. The van der Waals surface area contributed by atoms with Crippen molar-refractivity contribution in [3.05, 3.63) is 30.3 Å². The Morgan fingerprint density at radius 3 is 2.57 bits per heavy atom. The Morgan fingerprint density at radius 1 is 1.14 bits per heavy atom. The predicted octanol–water partition coefficient (Wildman–Crippen LogP) is 1.03. The fraction of sp³-hybridized carbons (Fsp3) is 0.600. The lowest BCUT2D eigenvalue weighted by Gasteiger charge is -2.31. The molecular weight excluding hydrogens is 288 g/mol. The number of hydrogen-bond donors (Lipinski definition) is 0. The molecule has 5 nitrogen and oxygen atoms in total. The van der Waals surface area contributed by atoms with Crippen molar-refractivity contribution in [2.24, 2.45) is 5.41 Å². The Kier molecular flexibility index (Phi) is 4.05. The molecule has 0 aromatic heterocycles. The molecule has 1 aromatic rings. The first-order chi connectivity index (χ1) is 10.0. The zero-order valence-electron chi connectivity index (χ0n) is 12.4. The summed E-state index contributed by atoms with van der Waals surface area (Å²) in [6, 6.07) is 8.68. The summed E-state index contributed by atoms with van der Waals surface area (Å²) in [4.78, 5) is 2.62. The lowest BCUT2D eigenvalue weighted by molar-refractivity contribution is 0.0744. The molecule has 2 saturated heterocycles. The quantitative estimate of drug-likeness (QED) is 0.819. The van der Waals surface area contributed by atoms with Crippen molar-refractivity contribution >= 4 is 10.0 Å². The summed E-state index contributed by atoms with van der Waals surface area (Å²) in [7, 11) is -1.35. The van der Waals surface area contributed by atoms with Crippen LogP contribution in [-0.2, 0) is 14.8 Å². The molecule has 1 atom stereocenters. The van der Waals surface area contributed by atoms with Gasteiger partial charge in [-0.15, -0.1) is 0 Å². The fourth-order valence-corrected chi connectivity index (χ4v) is 4.86. The van der Waals surface area contributed by atoms with E-state index in [0.29, 0.717) is 31.2 Å². The molecule has 2 fully saturated rings. The SMILES string of the molecule is CN1CC[C@@]2(COCCN(S(=O)(=O)c3ccccc3)C2)C1. The molecule has 2 heterocycles. The fourth-order valence-electron chi connectivity index (χ4n) is 3.31. The number of nitrogens with zero attached hydrogens (tertiary/aromatic N) is 2. The van der Waals surface area contributed by atoms with Gasteiger partial charge in [-0.05, 0) is 32.1 Å². The van der Waals surface area contributed by atoms with Crippen LogP contribution in [0.3, 0.4) is 0 Å². The second-order valence-corrected chi connectivity index (χ2v) is 8.13. The van der Waals surface area contributed by atoms with E-state index in [1.807, 2.05) is 6.07 Å². The van der Waals surface area contributed by atoms with Crippen LogP contribution in [0.1, 0.15) is 6.42 Å². The molecular formula is C15H22N2O3S. The van der Waals surface area contributed by atoms with E-state index >= 15 is 0 Å². The third kappa shape index (κ3) is 2.99. The van der Waals surface area contributed by atoms with Crippen molar-refractivity contribution in [2.75, 3.05) is 46.4 Å². The van der Waals surface area contributed by atoms with Crippen LogP contribution in [0.15, 0.2) is 35.2 Å². The minimum atomic E-state index is -3.43. The summed E-state index contributed by atoms with van der Waals surface area (Å²) in [6.45, 7) is 4.00. The zero-order valence-corrected chi connectivity index (χ0v) is 13.2. The molecule has 2 aliphatic heterocycles. The van der Waals surface area contributed by atoms with Gasteiger partial charge in [0.15, 0.2) is 0 Å². The smallest absolute Gasteiger partial charge is 0.243 e. The second kappa shape index (κ2) is 5.68. The minimum absolute atomic E-state index is 0.0624. The third-order valence-electron chi connectivity index (χ3n) is 4.42. The van der Waals surface area contributed by atoms with Crippen molar-refractivity contribution in [3.8, 4) is 0 Å². The van der Waals surface area contributed by atoms with Crippen LogP contribution in [-0.4, -0.2) is 64.1 Å². The number of sulfonamides is 1. The average Bonchev–Trinajstić information content (AvgIpc) is 2.71. The zero-order chi connectivity index (χ0) is 14.9. The molecule has 2 aliphatic rings. The summed E-state index contributed by atoms with van der Waals surface area (Å²) in [5.74, 6) is 0. The van der Waals surface area contributed by atoms with Crippen molar-refractivity contribution in [1.82, 2.24) is 9.21 Å². The molecule has 0 amide bonds. The molecule has 0 N–H and O–H groups in total. The van der Waals surface area contributed by atoms with E-state index in [0.717, 1.165) is 19.5 Å². The highest BCUT2D eigenvalue weighted by Gasteiger charge is 2.42. The predicted molar refractivity (Wildman–Crippen MR) is 80.6 cm³/mol. The van der Waals surface area contributed by atoms with Crippen molar-refractivity contribution in [1.29, 1.82) is 0 Å². The largest absolute Gasteiger partial charge is 0.379 e. The van der Waals surface area contributed by atoms with Crippen LogP contribution in [0.25, 0.3) is 0 Å². The molecule has 0 aliphatic carbocycles. The van der Waals surface area contributed by atoms with Crippen LogP contribution in [0.4, 0.5) is 0 Å².